The van der Waals surface area contributed by atoms with E-state index in [9.17, 15) is 5.11 Å². The molecule has 2 unspecified atom stereocenters. The molecule has 1 heterocycles. The van der Waals surface area contributed by atoms with Crippen LogP contribution in [0.15, 0.2) is 18.2 Å². The maximum absolute atomic E-state index is 10.0. The summed E-state index contributed by atoms with van der Waals surface area (Å²) in [5.74, 6) is 1.86. The van der Waals surface area contributed by atoms with Crippen LogP contribution in [0.3, 0.4) is 0 Å². The quantitative estimate of drug-likeness (QED) is 0.837. The van der Waals surface area contributed by atoms with Crippen LogP contribution < -0.4 is 4.74 Å². The summed E-state index contributed by atoms with van der Waals surface area (Å²) in [4.78, 5) is 0. The largest absolute Gasteiger partial charge is 0.494 e. The first-order chi connectivity index (χ1) is 7.24. The zero-order valence-electron chi connectivity index (χ0n) is 9.06. The summed E-state index contributed by atoms with van der Waals surface area (Å²) in [6.45, 7) is 4.72. The van der Waals surface area contributed by atoms with E-state index in [4.69, 9.17) is 4.74 Å². The van der Waals surface area contributed by atoms with Crippen LogP contribution >= 0.6 is 11.8 Å². The molecule has 15 heavy (non-hydrogen) atoms. The molecule has 1 aromatic rings. The van der Waals surface area contributed by atoms with Gasteiger partial charge in [-0.1, -0.05) is 19.1 Å². The van der Waals surface area contributed by atoms with Gasteiger partial charge in [-0.2, -0.15) is 11.8 Å². The molecule has 3 heteroatoms. The van der Waals surface area contributed by atoms with Crippen LogP contribution in [-0.2, 0) is 5.75 Å². The maximum Gasteiger partial charge on any atom is 0.123 e. The van der Waals surface area contributed by atoms with Crippen molar-refractivity contribution in [2.24, 2.45) is 0 Å². The number of benzene rings is 1. The van der Waals surface area contributed by atoms with Crippen LogP contribution in [0, 0.1) is 0 Å². The van der Waals surface area contributed by atoms with E-state index in [0.29, 0.717) is 6.61 Å². The summed E-state index contributed by atoms with van der Waals surface area (Å²) in [5, 5.41) is 10.3. The Labute approximate surface area is 94.6 Å². The van der Waals surface area contributed by atoms with Gasteiger partial charge in [0.1, 0.15) is 5.75 Å². The molecular weight excluding hydrogens is 208 g/mol. The van der Waals surface area contributed by atoms with Gasteiger partial charge in [-0.25, -0.2) is 0 Å². The number of hydrogen-bond donors (Lipinski definition) is 1. The Bertz CT molecular complexity index is 351. The van der Waals surface area contributed by atoms with Gasteiger partial charge in [0.15, 0.2) is 0 Å². The van der Waals surface area contributed by atoms with Gasteiger partial charge in [0.25, 0.3) is 0 Å². The molecule has 0 radical (unpaired) electrons. The standard InChI is InChI=1S/C12H16O2S/c1-3-14-11-6-4-5-9-10(11)7-15-8(2)12(9)13/h4-6,8,12-13H,3,7H2,1-2H3. The lowest BCUT2D eigenvalue weighted by molar-refractivity contribution is 0.176. The Balaban J connectivity index is 2.39. The third kappa shape index (κ3) is 1.99. The second-order valence-electron chi connectivity index (χ2n) is 3.72. The molecule has 0 saturated carbocycles. The first-order valence-electron chi connectivity index (χ1n) is 5.28. The van der Waals surface area contributed by atoms with E-state index >= 15 is 0 Å². The molecule has 0 bridgehead atoms. The van der Waals surface area contributed by atoms with Gasteiger partial charge in [-0.3, -0.25) is 0 Å². The highest BCUT2D eigenvalue weighted by Gasteiger charge is 2.26. The van der Waals surface area contributed by atoms with Gasteiger partial charge in [-0.15, -0.1) is 0 Å². The average Bonchev–Trinajstić information content (AvgIpc) is 2.25. The topological polar surface area (TPSA) is 29.5 Å². The fourth-order valence-corrected chi connectivity index (χ4v) is 2.93. The zero-order valence-corrected chi connectivity index (χ0v) is 9.88. The third-order valence-corrected chi connectivity index (χ3v) is 3.96. The van der Waals surface area contributed by atoms with E-state index in [0.717, 1.165) is 22.6 Å². The van der Waals surface area contributed by atoms with Gasteiger partial charge in [0.2, 0.25) is 0 Å². The van der Waals surface area contributed by atoms with Crippen LogP contribution in [0.5, 0.6) is 5.75 Å². The molecule has 2 nitrogen and oxygen atoms in total. The molecule has 0 amide bonds. The van der Waals surface area contributed by atoms with E-state index in [1.807, 2.05) is 25.1 Å². The Morgan fingerprint density at radius 3 is 3.07 bits per heavy atom. The number of hydrogen-bond acceptors (Lipinski definition) is 3. The van der Waals surface area contributed by atoms with E-state index in [1.165, 1.54) is 0 Å². The minimum Gasteiger partial charge on any atom is -0.494 e. The van der Waals surface area contributed by atoms with Crippen molar-refractivity contribution in [2.45, 2.75) is 31.0 Å². The van der Waals surface area contributed by atoms with Crippen LogP contribution in [0.2, 0.25) is 0 Å². The fraction of sp³-hybridized carbons (Fsp3) is 0.500. The number of aliphatic hydroxyl groups is 1. The summed E-state index contributed by atoms with van der Waals surface area (Å²) in [6.07, 6.45) is -0.362. The van der Waals surface area contributed by atoms with Crippen molar-refractivity contribution in [1.82, 2.24) is 0 Å². The number of rotatable bonds is 2. The van der Waals surface area contributed by atoms with Crippen molar-refractivity contribution in [1.29, 1.82) is 0 Å². The molecule has 0 fully saturated rings. The first-order valence-corrected chi connectivity index (χ1v) is 6.33. The summed E-state index contributed by atoms with van der Waals surface area (Å²) >= 11 is 1.78. The predicted molar refractivity (Wildman–Crippen MR) is 63.3 cm³/mol. The average molecular weight is 224 g/mol. The summed E-state index contributed by atoms with van der Waals surface area (Å²) in [5.41, 5.74) is 2.20. The van der Waals surface area contributed by atoms with Crippen molar-refractivity contribution in [3.05, 3.63) is 29.3 Å². The lowest BCUT2D eigenvalue weighted by atomic mass is 10.00. The highest BCUT2D eigenvalue weighted by Crippen LogP contribution is 2.41. The number of aliphatic hydroxyl groups excluding tert-OH is 1. The maximum atomic E-state index is 10.0. The molecule has 1 aliphatic heterocycles. The molecule has 0 saturated heterocycles. The van der Waals surface area contributed by atoms with Crippen molar-refractivity contribution in [2.75, 3.05) is 6.61 Å². The summed E-state index contributed by atoms with van der Waals surface area (Å²) in [6, 6.07) is 5.93. The molecule has 0 aromatic heterocycles. The molecule has 0 aliphatic carbocycles. The third-order valence-electron chi connectivity index (χ3n) is 2.72. The molecular formula is C12H16O2S. The molecule has 2 rings (SSSR count). The monoisotopic (exact) mass is 224 g/mol. The van der Waals surface area contributed by atoms with Gasteiger partial charge in [0, 0.05) is 16.6 Å². The molecule has 0 spiro atoms. The molecule has 1 aliphatic rings. The lowest BCUT2D eigenvalue weighted by Crippen LogP contribution is -2.18. The van der Waals surface area contributed by atoms with Gasteiger partial charge in [0.05, 0.1) is 12.7 Å². The number of fused-ring (bicyclic) bond motifs is 1. The van der Waals surface area contributed by atoms with Crippen molar-refractivity contribution in [3.8, 4) is 5.75 Å². The van der Waals surface area contributed by atoms with Crippen LogP contribution in [-0.4, -0.2) is 17.0 Å². The normalized spacial score (nSPS) is 24.7. The highest BCUT2D eigenvalue weighted by molar-refractivity contribution is 7.99. The van der Waals surface area contributed by atoms with Gasteiger partial charge < -0.3 is 9.84 Å². The smallest absolute Gasteiger partial charge is 0.123 e. The van der Waals surface area contributed by atoms with E-state index in [1.54, 1.807) is 11.8 Å². The Kier molecular flexibility index (Phi) is 3.22. The van der Waals surface area contributed by atoms with Gasteiger partial charge in [-0.05, 0) is 18.6 Å². The van der Waals surface area contributed by atoms with Crippen LogP contribution in [0.25, 0.3) is 0 Å². The molecule has 2 atom stereocenters. The van der Waals surface area contributed by atoms with Crippen molar-refractivity contribution < 1.29 is 9.84 Å². The molecule has 82 valence electrons. The Morgan fingerprint density at radius 2 is 2.33 bits per heavy atom. The second kappa shape index (κ2) is 4.45. The van der Waals surface area contributed by atoms with Crippen molar-refractivity contribution in [3.63, 3.8) is 0 Å². The predicted octanol–water partition coefficient (Wildman–Crippen LogP) is 2.75. The SMILES string of the molecule is CCOc1cccc2c1CSC(C)C2O. The Morgan fingerprint density at radius 1 is 1.53 bits per heavy atom. The summed E-state index contributed by atoms with van der Waals surface area (Å²) < 4.78 is 5.56. The van der Waals surface area contributed by atoms with E-state index in [2.05, 4.69) is 6.92 Å². The van der Waals surface area contributed by atoms with Crippen LogP contribution in [0.4, 0.5) is 0 Å². The minimum atomic E-state index is -0.362. The van der Waals surface area contributed by atoms with Crippen LogP contribution in [0.1, 0.15) is 31.1 Å². The second-order valence-corrected chi connectivity index (χ2v) is 5.08. The zero-order chi connectivity index (χ0) is 10.8. The van der Waals surface area contributed by atoms with E-state index in [-0.39, 0.29) is 11.4 Å². The van der Waals surface area contributed by atoms with Gasteiger partial charge >= 0.3 is 0 Å². The minimum absolute atomic E-state index is 0.273. The molecule has 1 aromatic carbocycles. The summed E-state index contributed by atoms with van der Waals surface area (Å²) in [7, 11) is 0. The van der Waals surface area contributed by atoms with E-state index < -0.39 is 0 Å². The lowest BCUT2D eigenvalue weighted by Gasteiger charge is -2.28. The number of ether oxygens (including phenoxy) is 1. The molecule has 1 N–H and O–H groups in total. The Hall–Kier alpha value is -0.670. The number of thioether (sulfide) groups is 1. The first kappa shape index (κ1) is 10.8. The highest BCUT2D eigenvalue weighted by atomic mass is 32.2. The fourth-order valence-electron chi connectivity index (χ4n) is 1.86. The van der Waals surface area contributed by atoms with Crippen molar-refractivity contribution >= 4 is 11.8 Å².